The maximum atomic E-state index is 11.3. The lowest BCUT2D eigenvalue weighted by Crippen LogP contribution is -2.31. The van der Waals surface area contributed by atoms with Crippen LogP contribution in [0.3, 0.4) is 0 Å². The molecule has 0 atom stereocenters. The van der Waals surface area contributed by atoms with Crippen molar-refractivity contribution in [1.82, 2.24) is 5.43 Å². The zero-order chi connectivity index (χ0) is 15.3. The number of benzene rings is 1. The molecule has 0 aliphatic heterocycles. The summed E-state index contributed by atoms with van der Waals surface area (Å²) in [6, 6.07) is 7.68. The third kappa shape index (κ3) is 7.77. The predicted molar refractivity (Wildman–Crippen MR) is 79.4 cm³/mol. The second kappa shape index (κ2) is 11.2. The molecule has 0 aliphatic rings. The van der Waals surface area contributed by atoms with Gasteiger partial charge in [-0.1, -0.05) is 24.3 Å². The van der Waals surface area contributed by atoms with Crippen LogP contribution in [0, 0.1) is 0 Å². The molecule has 0 unspecified atom stereocenters. The van der Waals surface area contributed by atoms with Crippen molar-refractivity contribution in [3.05, 3.63) is 35.4 Å². The average molecular weight is 296 g/mol. The molecule has 0 heterocycles. The van der Waals surface area contributed by atoms with Gasteiger partial charge < -0.3 is 14.2 Å². The largest absolute Gasteiger partial charge is 0.382 e. The lowest BCUT2D eigenvalue weighted by atomic mass is 10.1. The van der Waals surface area contributed by atoms with E-state index in [1.54, 1.807) is 7.11 Å². The van der Waals surface area contributed by atoms with E-state index in [-0.39, 0.29) is 12.3 Å². The van der Waals surface area contributed by atoms with Crippen LogP contribution >= 0.6 is 0 Å². The van der Waals surface area contributed by atoms with Gasteiger partial charge in [0, 0.05) is 20.3 Å². The third-order valence-electron chi connectivity index (χ3n) is 2.90. The first-order valence-electron chi connectivity index (χ1n) is 6.98. The minimum Gasteiger partial charge on any atom is -0.382 e. The quantitative estimate of drug-likeness (QED) is 0.273. The summed E-state index contributed by atoms with van der Waals surface area (Å²) in [5.74, 6) is 4.89. The Morgan fingerprint density at radius 3 is 2.52 bits per heavy atom. The Hall–Kier alpha value is -1.47. The highest BCUT2D eigenvalue weighted by Gasteiger charge is 2.06. The molecule has 1 aromatic rings. The van der Waals surface area contributed by atoms with Gasteiger partial charge in [0.25, 0.3) is 0 Å². The highest BCUT2D eigenvalue weighted by Crippen LogP contribution is 2.11. The van der Waals surface area contributed by atoms with Crippen LogP contribution in [0.15, 0.2) is 24.3 Å². The smallest absolute Gasteiger partial charge is 0.238 e. The molecule has 0 radical (unpaired) electrons. The Morgan fingerprint density at radius 2 is 1.81 bits per heavy atom. The van der Waals surface area contributed by atoms with E-state index in [1.165, 1.54) is 0 Å². The van der Waals surface area contributed by atoms with Crippen molar-refractivity contribution in [2.24, 2.45) is 5.84 Å². The molecule has 118 valence electrons. The van der Waals surface area contributed by atoms with E-state index in [1.807, 2.05) is 24.3 Å². The first-order valence-corrected chi connectivity index (χ1v) is 6.98. The molecule has 0 aromatic heterocycles. The Morgan fingerprint density at radius 1 is 1.10 bits per heavy atom. The van der Waals surface area contributed by atoms with Gasteiger partial charge in [-0.2, -0.15) is 0 Å². The number of methoxy groups -OCH3 is 1. The molecule has 0 fully saturated rings. The van der Waals surface area contributed by atoms with Crippen LogP contribution in [0.1, 0.15) is 17.5 Å². The second-order valence-electron chi connectivity index (χ2n) is 4.52. The molecule has 0 aliphatic carbocycles. The number of hydrazine groups is 1. The van der Waals surface area contributed by atoms with Crippen LogP contribution in [0.4, 0.5) is 0 Å². The minimum atomic E-state index is -0.214. The van der Waals surface area contributed by atoms with Crippen LogP contribution in [0.5, 0.6) is 0 Å². The summed E-state index contributed by atoms with van der Waals surface area (Å²) in [6.07, 6.45) is 1.09. The van der Waals surface area contributed by atoms with Crippen molar-refractivity contribution in [2.45, 2.75) is 19.4 Å². The van der Waals surface area contributed by atoms with E-state index < -0.39 is 0 Å². The van der Waals surface area contributed by atoms with Gasteiger partial charge in [-0.15, -0.1) is 0 Å². The Bertz CT molecular complexity index is 412. The Labute approximate surface area is 125 Å². The molecular weight excluding hydrogens is 272 g/mol. The molecule has 0 saturated heterocycles. The number of ether oxygens (including phenoxy) is 3. The van der Waals surface area contributed by atoms with Crippen molar-refractivity contribution >= 4 is 5.91 Å². The summed E-state index contributed by atoms with van der Waals surface area (Å²) < 4.78 is 15.8. The zero-order valence-corrected chi connectivity index (χ0v) is 12.5. The van der Waals surface area contributed by atoms with Crippen molar-refractivity contribution in [2.75, 3.05) is 33.5 Å². The summed E-state index contributed by atoms with van der Waals surface area (Å²) in [5, 5.41) is 0. The van der Waals surface area contributed by atoms with Gasteiger partial charge in [0.15, 0.2) is 0 Å². The van der Waals surface area contributed by atoms with E-state index in [9.17, 15) is 4.79 Å². The molecule has 0 saturated carbocycles. The van der Waals surface area contributed by atoms with E-state index in [2.05, 4.69) is 5.43 Å². The first kappa shape index (κ1) is 17.6. The zero-order valence-electron chi connectivity index (χ0n) is 12.5. The number of nitrogens with two attached hydrogens (primary N) is 1. The van der Waals surface area contributed by atoms with Gasteiger partial charge in [-0.25, -0.2) is 5.84 Å². The molecule has 1 amide bonds. The molecule has 6 nitrogen and oxygen atoms in total. The van der Waals surface area contributed by atoms with Gasteiger partial charge in [-0.3, -0.25) is 10.2 Å². The second-order valence-corrected chi connectivity index (χ2v) is 4.52. The van der Waals surface area contributed by atoms with Gasteiger partial charge in [0.05, 0.1) is 26.2 Å². The van der Waals surface area contributed by atoms with E-state index >= 15 is 0 Å². The highest BCUT2D eigenvalue weighted by atomic mass is 16.5. The maximum absolute atomic E-state index is 11.3. The number of hydrogen-bond acceptors (Lipinski definition) is 5. The number of nitrogens with one attached hydrogen (secondary N) is 1. The monoisotopic (exact) mass is 296 g/mol. The molecule has 0 spiro atoms. The molecule has 0 bridgehead atoms. The molecule has 21 heavy (non-hydrogen) atoms. The standard InChI is InChI=1S/C15H24N2O4/c1-19-9-10-20-7-4-8-21-12-14-6-3-2-5-13(14)11-15(18)17-16/h2-3,5-6H,4,7-12,16H2,1H3,(H,17,18). The van der Waals surface area contributed by atoms with Crippen molar-refractivity contribution in [3.8, 4) is 0 Å². The van der Waals surface area contributed by atoms with E-state index in [4.69, 9.17) is 20.1 Å². The predicted octanol–water partition coefficient (Wildman–Crippen LogP) is 0.789. The fourth-order valence-electron chi connectivity index (χ4n) is 1.78. The number of carbonyl (C=O) groups excluding carboxylic acids is 1. The number of rotatable bonds is 11. The maximum Gasteiger partial charge on any atom is 0.238 e. The fraction of sp³-hybridized carbons (Fsp3) is 0.533. The fourth-order valence-corrected chi connectivity index (χ4v) is 1.78. The summed E-state index contributed by atoms with van der Waals surface area (Å²) in [6.45, 7) is 2.96. The van der Waals surface area contributed by atoms with Crippen molar-refractivity contribution in [1.29, 1.82) is 0 Å². The number of hydrogen-bond donors (Lipinski definition) is 2. The molecule has 6 heteroatoms. The summed E-state index contributed by atoms with van der Waals surface area (Å²) in [7, 11) is 1.65. The Balaban J connectivity index is 2.24. The normalized spacial score (nSPS) is 10.6. The molecule has 1 rings (SSSR count). The lowest BCUT2D eigenvalue weighted by Gasteiger charge is -2.10. The van der Waals surface area contributed by atoms with Gasteiger partial charge in [0.1, 0.15) is 0 Å². The van der Waals surface area contributed by atoms with Gasteiger partial charge in [-0.05, 0) is 17.5 Å². The van der Waals surface area contributed by atoms with E-state index in [0.29, 0.717) is 33.0 Å². The van der Waals surface area contributed by atoms with Crippen molar-refractivity contribution < 1.29 is 19.0 Å². The van der Waals surface area contributed by atoms with Crippen LogP contribution in [0.2, 0.25) is 0 Å². The topological polar surface area (TPSA) is 82.8 Å². The SMILES string of the molecule is COCCOCCCOCc1ccccc1CC(=O)NN. The van der Waals surface area contributed by atoms with E-state index in [0.717, 1.165) is 17.5 Å². The molecule has 3 N–H and O–H groups in total. The molecule has 1 aromatic carbocycles. The lowest BCUT2D eigenvalue weighted by molar-refractivity contribution is -0.120. The van der Waals surface area contributed by atoms with Gasteiger partial charge >= 0.3 is 0 Å². The minimum absolute atomic E-state index is 0.214. The van der Waals surface area contributed by atoms with Crippen molar-refractivity contribution in [3.63, 3.8) is 0 Å². The van der Waals surface area contributed by atoms with Gasteiger partial charge in [0.2, 0.25) is 5.91 Å². The van der Waals surface area contributed by atoms with Crippen LogP contribution in [-0.4, -0.2) is 39.4 Å². The Kier molecular flexibility index (Phi) is 9.39. The third-order valence-corrected chi connectivity index (χ3v) is 2.90. The highest BCUT2D eigenvalue weighted by molar-refractivity contribution is 5.78. The molecular formula is C15H24N2O4. The first-order chi connectivity index (χ1) is 10.3. The van der Waals surface area contributed by atoms with Crippen LogP contribution in [-0.2, 0) is 32.0 Å². The average Bonchev–Trinajstić information content (AvgIpc) is 2.51. The number of amides is 1. The van der Waals surface area contributed by atoms with Crippen LogP contribution in [0.25, 0.3) is 0 Å². The summed E-state index contributed by atoms with van der Waals surface area (Å²) in [5.41, 5.74) is 4.06. The number of carbonyl (C=O) groups is 1. The summed E-state index contributed by atoms with van der Waals surface area (Å²) in [4.78, 5) is 11.3. The van der Waals surface area contributed by atoms with Crippen LogP contribution < -0.4 is 11.3 Å². The summed E-state index contributed by atoms with van der Waals surface area (Å²) >= 11 is 0.